The van der Waals surface area contributed by atoms with Crippen LogP contribution >= 0.6 is 0 Å². The van der Waals surface area contributed by atoms with Crippen molar-refractivity contribution >= 4 is 5.91 Å². The van der Waals surface area contributed by atoms with Crippen molar-refractivity contribution in [3.8, 4) is 0 Å². The van der Waals surface area contributed by atoms with E-state index in [4.69, 9.17) is 9.15 Å². The van der Waals surface area contributed by atoms with Crippen LogP contribution in [0.3, 0.4) is 0 Å². The van der Waals surface area contributed by atoms with Gasteiger partial charge in [-0.15, -0.1) is 10.2 Å². The zero-order valence-electron chi connectivity index (χ0n) is 13.1. The first kappa shape index (κ1) is 14.4. The van der Waals surface area contributed by atoms with Gasteiger partial charge in [-0.25, -0.2) is 0 Å². The van der Waals surface area contributed by atoms with Gasteiger partial charge in [0.2, 0.25) is 0 Å². The van der Waals surface area contributed by atoms with Crippen molar-refractivity contribution in [1.29, 1.82) is 0 Å². The molecule has 4 heterocycles. The lowest BCUT2D eigenvalue weighted by molar-refractivity contribution is 0.0108. The van der Waals surface area contributed by atoms with Crippen LogP contribution in [0.5, 0.6) is 0 Å². The predicted molar refractivity (Wildman–Crippen MR) is 80.8 cm³/mol. The fourth-order valence-electron chi connectivity index (χ4n) is 3.94. The number of carbonyl (C=O) groups is 1. The molecule has 2 aromatic heterocycles. The molecule has 2 aliphatic heterocycles. The average molecular weight is 316 g/mol. The normalized spacial score (nSPS) is 23.5. The Bertz CT molecular complexity index is 688. The van der Waals surface area contributed by atoms with Crippen molar-refractivity contribution in [3.05, 3.63) is 36.3 Å². The highest BCUT2D eigenvalue weighted by molar-refractivity contribution is 5.94. The maximum absolute atomic E-state index is 12.7. The summed E-state index contributed by atoms with van der Waals surface area (Å²) in [4.78, 5) is 14.7. The molecule has 1 atom stereocenters. The van der Waals surface area contributed by atoms with E-state index in [1.165, 1.54) is 12.5 Å². The highest BCUT2D eigenvalue weighted by Crippen LogP contribution is 2.49. The summed E-state index contributed by atoms with van der Waals surface area (Å²) in [5.41, 5.74) is 0.629. The summed E-state index contributed by atoms with van der Waals surface area (Å²) < 4.78 is 12.6. The van der Waals surface area contributed by atoms with Gasteiger partial charge in [-0.05, 0) is 18.9 Å². The number of amides is 1. The summed E-state index contributed by atoms with van der Waals surface area (Å²) in [7, 11) is 1.96. The van der Waals surface area contributed by atoms with Gasteiger partial charge in [-0.1, -0.05) is 0 Å². The standard InChI is InChI=1S/C16H20N4O3/c1-19-11-17-18-14(19)13-8-20(15(21)12-2-5-23-9-12)10-16(13)3-6-22-7-4-16/h2,5,9,11,13H,3-4,6-8,10H2,1H3. The first-order valence-electron chi connectivity index (χ1n) is 7.93. The number of nitrogens with zero attached hydrogens (tertiary/aromatic N) is 4. The molecule has 2 aromatic rings. The van der Waals surface area contributed by atoms with Crippen LogP contribution in [0.2, 0.25) is 0 Å². The molecule has 0 aliphatic carbocycles. The molecule has 4 rings (SSSR count). The molecule has 23 heavy (non-hydrogen) atoms. The summed E-state index contributed by atoms with van der Waals surface area (Å²) in [5.74, 6) is 1.17. The molecule has 0 bridgehead atoms. The Labute approximate surface area is 134 Å². The molecule has 122 valence electrons. The lowest BCUT2D eigenvalue weighted by Crippen LogP contribution is -2.37. The van der Waals surface area contributed by atoms with Gasteiger partial charge >= 0.3 is 0 Å². The molecule has 0 N–H and O–H groups in total. The van der Waals surface area contributed by atoms with Gasteiger partial charge < -0.3 is 18.6 Å². The van der Waals surface area contributed by atoms with Crippen LogP contribution in [-0.4, -0.2) is 51.9 Å². The Balaban J connectivity index is 1.66. The maximum atomic E-state index is 12.7. The summed E-state index contributed by atoms with van der Waals surface area (Å²) in [6.07, 6.45) is 6.66. The van der Waals surface area contributed by atoms with Crippen molar-refractivity contribution < 1.29 is 13.9 Å². The molecule has 0 radical (unpaired) electrons. The number of ether oxygens (including phenoxy) is 1. The second kappa shape index (κ2) is 5.49. The lowest BCUT2D eigenvalue weighted by Gasteiger charge is -2.37. The summed E-state index contributed by atoms with van der Waals surface area (Å²) in [6, 6.07) is 1.72. The maximum Gasteiger partial charge on any atom is 0.257 e. The second-order valence-corrected chi connectivity index (χ2v) is 6.53. The fourth-order valence-corrected chi connectivity index (χ4v) is 3.94. The monoisotopic (exact) mass is 316 g/mol. The van der Waals surface area contributed by atoms with Crippen molar-refractivity contribution in [2.45, 2.75) is 18.8 Å². The average Bonchev–Trinajstić information content (AvgIpc) is 3.28. The third kappa shape index (κ3) is 2.35. The minimum absolute atomic E-state index is 0.0225. The van der Waals surface area contributed by atoms with Crippen LogP contribution in [0, 0.1) is 5.41 Å². The number of hydrogen-bond acceptors (Lipinski definition) is 5. The zero-order valence-corrected chi connectivity index (χ0v) is 13.1. The molecule has 1 unspecified atom stereocenters. The molecular weight excluding hydrogens is 296 g/mol. The largest absolute Gasteiger partial charge is 0.472 e. The van der Waals surface area contributed by atoms with Gasteiger partial charge in [0, 0.05) is 44.7 Å². The summed E-state index contributed by atoms with van der Waals surface area (Å²) in [6.45, 7) is 2.87. The van der Waals surface area contributed by atoms with Crippen LogP contribution in [0.4, 0.5) is 0 Å². The van der Waals surface area contributed by atoms with Crippen LogP contribution in [-0.2, 0) is 11.8 Å². The van der Waals surface area contributed by atoms with Gasteiger partial charge in [-0.2, -0.15) is 0 Å². The number of aryl methyl sites for hydroxylation is 1. The van der Waals surface area contributed by atoms with Crippen LogP contribution in [0.15, 0.2) is 29.3 Å². The SMILES string of the molecule is Cn1cnnc1C1CN(C(=O)c2ccoc2)CC12CCOCC2. The second-order valence-electron chi connectivity index (χ2n) is 6.53. The molecule has 7 nitrogen and oxygen atoms in total. The first-order valence-corrected chi connectivity index (χ1v) is 7.93. The Morgan fingerprint density at radius 3 is 2.87 bits per heavy atom. The molecule has 2 fully saturated rings. The minimum Gasteiger partial charge on any atom is -0.472 e. The molecule has 7 heteroatoms. The number of furan rings is 1. The molecule has 1 amide bonds. The summed E-state index contributed by atoms with van der Waals surface area (Å²) >= 11 is 0. The van der Waals surface area contributed by atoms with Gasteiger partial charge in [0.15, 0.2) is 0 Å². The topological polar surface area (TPSA) is 73.4 Å². The third-order valence-corrected chi connectivity index (χ3v) is 5.25. The quantitative estimate of drug-likeness (QED) is 0.838. The van der Waals surface area contributed by atoms with E-state index in [1.807, 2.05) is 16.5 Å². The Kier molecular flexibility index (Phi) is 3.45. The van der Waals surface area contributed by atoms with E-state index in [-0.39, 0.29) is 17.2 Å². The van der Waals surface area contributed by atoms with E-state index in [0.717, 1.165) is 38.4 Å². The van der Waals surface area contributed by atoms with Crippen molar-refractivity contribution in [2.24, 2.45) is 12.5 Å². The number of carbonyl (C=O) groups excluding carboxylic acids is 1. The highest BCUT2D eigenvalue weighted by Gasteiger charge is 2.51. The fraction of sp³-hybridized carbons (Fsp3) is 0.562. The van der Waals surface area contributed by atoms with E-state index in [1.54, 1.807) is 12.4 Å². The van der Waals surface area contributed by atoms with Crippen LogP contribution in [0.25, 0.3) is 0 Å². The third-order valence-electron chi connectivity index (χ3n) is 5.25. The Hall–Kier alpha value is -2.15. The molecule has 2 saturated heterocycles. The Morgan fingerprint density at radius 2 is 2.22 bits per heavy atom. The number of rotatable bonds is 2. The predicted octanol–water partition coefficient (Wildman–Crippen LogP) is 1.44. The molecule has 0 aromatic carbocycles. The van der Waals surface area contributed by atoms with Crippen LogP contribution < -0.4 is 0 Å². The van der Waals surface area contributed by atoms with E-state index in [9.17, 15) is 4.79 Å². The lowest BCUT2D eigenvalue weighted by atomic mass is 9.72. The van der Waals surface area contributed by atoms with Gasteiger partial charge in [0.05, 0.1) is 11.8 Å². The first-order chi connectivity index (χ1) is 11.2. The van der Waals surface area contributed by atoms with E-state index >= 15 is 0 Å². The zero-order chi connectivity index (χ0) is 15.9. The van der Waals surface area contributed by atoms with Gasteiger partial charge in [0.1, 0.15) is 18.4 Å². The van der Waals surface area contributed by atoms with Crippen molar-refractivity contribution in [2.75, 3.05) is 26.3 Å². The molecule has 2 aliphatic rings. The smallest absolute Gasteiger partial charge is 0.257 e. The Morgan fingerprint density at radius 1 is 1.39 bits per heavy atom. The van der Waals surface area contributed by atoms with Crippen molar-refractivity contribution in [1.82, 2.24) is 19.7 Å². The van der Waals surface area contributed by atoms with Crippen LogP contribution in [0.1, 0.15) is 34.9 Å². The van der Waals surface area contributed by atoms with E-state index in [2.05, 4.69) is 10.2 Å². The molecular formula is C16H20N4O3. The minimum atomic E-state index is 0.0225. The van der Waals surface area contributed by atoms with Gasteiger partial charge in [-0.3, -0.25) is 4.79 Å². The number of aromatic nitrogens is 3. The highest BCUT2D eigenvalue weighted by atomic mass is 16.5. The van der Waals surface area contributed by atoms with E-state index < -0.39 is 0 Å². The van der Waals surface area contributed by atoms with E-state index in [0.29, 0.717) is 12.1 Å². The molecule has 1 spiro atoms. The summed E-state index contributed by atoms with van der Waals surface area (Å²) in [5, 5.41) is 8.35. The molecule has 0 saturated carbocycles. The van der Waals surface area contributed by atoms with Crippen molar-refractivity contribution in [3.63, 3.8) is 0 Å². The number of hydrogen-bond donors (Lipinski definition) is 0. The van der Waals surface area contributed by atoms with Gasteiger partial charge in [0.25, 0.3) is 5.91 Å². The number of likely N-dealkylation sites (tertiary alicyclic amines) is 1.